The Morgan fingerprint density at radius 2 is 2.09 bits per heavy atom. The fourth-order valence-electron chi connectivity index (χ4n) is 0.424. The zero-order valence-corrected chi connectivity index (χ0v) is 8.46. The van der Waals surface area contributed by atoms with Crippen LogP contribution in [0.3, 0.4) is 0 Å². The number of carboxylic acid groups (broad SMARTS) is 1. The number of rotatable bonds is 3. The topological polar surface area (TPSA) is 89.5 Å². The second-order valence-corrected chi connectivity index (χ2v) is 1.75. The summed E-state index contributed by atoms with van der Waals surface area (Å²) in [6.45, 7) is 0.507. The maximum Gasteiger partial charge on any atom is 1.00 e. The summed E-state index contributed by atoms with van der Waals surface area (Å²) in [5.41, 5.74) is 0. The first-order valence-electron chi connectivity index (χ1n) is 2.66. The van der Waals surface area contributed by atoms with Crippen molar-refractivity contribution in [2.24, 2.45) is 0 Å². The second-order valence-electron chi connectivity index (χ2n) is 1.75. The number of aliphatic carboxylic acids is 1. The molecule has 2 N–H and O–H groups in total. The van der Waals surface area contributed by atoms with E-state index < -0.39 is 24.5 Å². The smallest absolute Gasteiger partial charge is 0.548 e. The summed E-state index contributed by atoms with van der Waals surface area (Å²) in [5.74, 6) is -2.00. The van der Waals surface area contributed by atoms with Crippen molar-refractivity contribution in [2.75, 3.05) is 6.61 Å². The Morgan fingerprint density at radius 1 is 1.64 bits per heavy atom. The molecule has 1 amide bonds. The van der Waals surface area contributed by atoms with Crippen LogP contribution in [0.2, 0.25) is 0 Å². The van der Waals surface area contributed by atoms with Crippen molar-refractivity contribution in [1.82, 2.24) is 5.32 Å². The predicted molar refractivity (Wildman–Crippen MR) is 29.7 cm³/mol. The van der Waals surface area contributed by atoms with Crippen LogP contribution in [0, 0.1) is 0 Å². The van der Waals surface area contributed by atoms with Gasteiger partial charge in [-0.3, -0.25) is 4.79 Å². The maximum absolute atomic E-state index is 10.2. The van der Waals surface area contributed by atoms with Crippen LogP contribution in [-0.2, 0) is 9.59 Å². The van der Waals surface area contributed by atoms with Crippen LogP contribution in [0.15, 0.2) is 0 Å². The number of carbonyl (C=O) groups is 2. The van der Waals surface area contributed by atoms with Crippen LogP contribution in [0.4, 0.5) is 0 Å². The fraction of sp³-hybridized carbons (Fsp3) is 0.600. The summed E-state index contributed by atoms with van der Waals surface area (Å²) in [6, 6.07) is -1.29. The average molecular weight is 169 g/mol. The van der Waals surface area contributed by atoms with Gasteiger partial charge in [0.05, 0.1) is 18.6 Å². The van der Waals surface area contributed by atoms with Gasteiger partial charge in [0.15, 0.2) is 0 Å². The number of carbonyl (C=O) groups excluding carboxylic acids is 2. The summed E-state index contributed by atoms with van der Waals surface area (Å²) in [7, 11) is 0. The largest absolute Gasteiger partial charge is 1.00 e. The Hall–Kier alpha value is -0.100. The van der Waals surface area contributed by atoms with Crippen LogP contribution in [0.25, 0.3) is 0 Å². The van der Waals surface area contributed by atoms with Gasteiger partial charge in [-0.1, -0.05) is 0 Å². The van der Waals surface area contributed by atoms with Crippen LogP contribution in [0.1, 0.15) is 6.92 Å². The molecule has 0 aromatic carbocycles. The van der Waals surface area contributed by atoms with Crippen LogP contribution < -0.4 is 40.0 Å². The van der Waals surface area contributed by atoms with Gasteiger partial charge in [-0.25, -0.2) is 0 Å². The number of hydrogen-bond acceptors (Lipinski definition) is 4. The van der Waals surface area contributed by atoms with Crippen LogP contribution >= 0.6 is 0 Å². The van der Waals surface area contributed by atoms with Gasteiger partial charge in [-0.2, -0.15) is 0 Å². The molecule has 0 aliphatic rings. The summed E-state index contributed by atoms with van der Waals surface area (Å²) in [6.07, 6.45) is 0. The quantitative estimate of drug-likeness (QED) is 0.412. The van der Waals surface area contributed by atoms with Crippen LogP contribution in [0.5, 0.6) is 0 Å². The summed E-state index contributed by atoms with van der Waals surface area (Å²) in [4.78, 5) is 20.2. The molecular formula is C5H8NNaO4. The van der Waals surface area contributed by atoms with Crippen molar-refractivity contribution < 1.29 is 49.4 Å². The minimum absolute atomic E-state index is 0. The third kappa shape index (κ3) is 6.30. The number of aliphatic hydroxyl groups is 1. The van der Waals surface area contributed by atoms with E-state index in [0.717, 1.165) is 6.92 Å². The molecule has 0 aliphatic heterocycles. The Kier molecular flexibility index (Phi) is 8.09. The molecular weight excluding hydrogens is 161 g/mol. The van der Waals surface area contributed by atoms with E-state index >= 15 is 0 Å². The minimum atomic E-state index is -1.49. The monoisotopic (exact) mass is 169 g/mol. The van der Waals surface area contributed by atoms with E-state index in [2.05, 4.69) is 0 Å². The molecule has 5 nitrogen and oxygen atoms in total. The van der Waals surface area contributed by atoms with Gasteiger partial charge in [0.2, 0.25) is 5.91 Å². The molecule has 0 heterocycles. The van der Waals surface area contributed by atoms with Gasteiger partial charge < -0.3 is 20.3 Å². The fourth-order valence-corrected chi connectivity index (χ4v) is 0.424. The second kappa shape index (κ2) is 6.60. The number of nitrogens with one attached hydrogen (secondary N) is 1. The SMILES string of the molecule is CC(=O)NC(CO)C(=O)[O-].[Na+]. The van der Waals surface area contributed by atoms with Gasteiger partial charge in [-0.05, 0) is 0 Å². The molecule has 0 saturated carbocycles. The summed E-state index contributed by atoms with van der Waals surface area (Å²) < 4.78 is 0. The van der Waals surface area contributed by atoms with Gasteiger partial charge in [-0.15, -0.1) is 0 Å². The van der Waals surface area contributed by atoms with Gasteiger partial charge in [0.1, 0.15) is 0 Å². The van der Waals surface area contributed by atoms with E-state index in [0.29, 0.717) is 0 Å². The van der Waals surface area contributed by atoms with Crippen molar-refractivity contribution in [2.45, 2.75) is 13.0 Å². The maximum atomic E-state index is 10.2. The van der Waals surface area contributed by atoms with E-state index in [1.54, 1.807) is 0 Å². The minimum Gasteiger partial charge on any atom is -0.548 e. The van der Waals surface area contributed by atoms with E-state index in [4.69, 9.17) is 5.11 Å². The molecule has 0 aromatic rings. The predicted octanol–water partition coefficient (Wildman–Crippen LogP) is -5.76. The normalized spacial score (nSPS) is 11.1. The van der Waals surface area contributed by atoms with Crippen molar-refractivity contribution in [3.05, 3.63) is 0 Å². The molecule has 1 unspecified atom stereocenters. The zero-order valence-electron chi connectivity index (χ0n) is 6.46. The molecule has 0 radical (unpaired) electrons. The Bertz CT molecular complexity index is 149. The van der Waals surface area contributed by atoms with Crippen molar-refractivity contribution >= 4 is 11.9 Å². The van der Waals surface area contributed by atoms with Crippen molar-refractivity contribution in [1.29, 1.82) is 0 Å². The molecule has 0 spiro atoms. The number of amides is 1. The number of carboxylic acids is 1. The molecule has 0 saturated heterocycles. The number of hydrogen-bond donors (Lipinski definition) is 2. The molecule has 11 heavy (non-hydrogen) atoms. The summed E-state index contributed by atoms with van der Waals surface area (Å²) in [5, 5.41) is 20.3. The molecule has 0 rings (SSSR count). The molecule has 58 valence electrons. The standard InChI is InChI=1S/C5H9NO4.Na/c1-3(8)6-4(2-7)5(9)10;/h4,7H,2H2,1H3,(H,6,8)(H,9,10);/q;+1/p-1. The van der Waals surface area contributed by atoms with Gasteiger partial charge in [0.25, 0.3) is 0 Å². The molecule has 0 bridgehead atoms. The first-order valence-corrected chi connectivity index (χ1v) is 2.66. The van der Waals surface area contributed by atoms with E-state index in [-0.39, 0.29) is 29.6 Å². The Morgan fingerprint density at radius 3 is 2.18 bits per heavy atom. The van der Waals surface area contributed by atoms with Crippen molar-refractivity contribution in [3.8, 4) is 0 Å². The van der Waals surface area contributed by atoms with E-state index in [1.807, 2.05) is 5.32 Å². The van der Waals surface area contributed by atoms with Crippen molar-refractivity contribution in [3.63, 3.8) is 0 Å². The first-order chi connectivity index (χ1) is 4.57. The molecule has 0 aromatic heterocycles. The van der Waals surface area contributed by atoms with Crippen LogP contribution in [-0.4, -0.2) is 29.6 Å². The Balaban J connectivity index is 0. The third-order valence-electron chi connectivity index (χ3n) is 0.845. The molecule has 1 atom stereocenters. The number of aliphatic hydroxyl groups excluding tert-OH is 1. The molecule has 0 fully saturated rings. The van der Waals surface area contributed by atoms with E-state index in [9.17, 15) is 14.7 Å². The molecule has 6 heteroatoms. The zero-order chi connectivity index (χ0) is 8.15. The Labute approximate surface area is 86.1 Å². The van der Waals surface area contributed by atoms with Gasteiger partial charge >= 0.3 is 29.6 Å². The third-order valence-corrected chi connectivity index (χ3v) is 0.845. The first kappa shape index (κ1) is 13.5. The van der Waals surface area contributed by atoms with E-state index in [1.165, 1.54) is 0 Å². The average Bonchev–Trinajstić information content (AvgIpc) is 1.81. The van der Waals surface area contributed by atoms with Gasteiger partial charge in [0, 0.05) is 6.92 Å². The summed E-state index contributed by atoms with van der Waals surface area (Å²) >= 11 is 0. The molecule has 0 aliphatic carbocycles.